The Bertz CT molecular complexity index is 854. The Kier molecular flexibility index (Phi) is 2.60. The smallest absolute Gasteiger partial charge is 0.144 e. The quantitative estimate of drug-likeness (QED) is 0.691. The lowest BCUT2D eigenvalue weighted by Gasteiger charge is -2.26. The topological polar surface area (TPSA) is 55.0 Å². The Labute approximate surface area is 122 Å². The molecule has 0 amide bonds. The van der Waals surface area contributed by atoms with E-state index < -0.39 is 0 Å². The first kappa shape index (κ1) is 11.9. The Balaban J connectivity index is 1.97. The van der Waals surface area contributed by atoms with E-state index in [1.54, 1.807) is 6.33 Å². The summed E-state index contributed by atoms with van der Waals surface area (Å²) in [5, 5.41) is 2.18. The van der Waals surface area contributed by atoms with Gasteiger partial charge in [-0.05, 0) is 18.6 Å². The second kappa shape index (κ2) is 4.59. The lowest BCUT2D eigenvalue weighted by Crippen LogP contribution is -2.16. The highest BCUT2D eigenvalue weighted by Crippen LogP contribution is 2.36. The molecule has 21 heavy (non-hydrogen) atoms. The molecule has 4 nitrogen and oxygen atoms in total. The molecule has 4 rings (SSSR count). The van der Waals surface area contributed by atoms with Crippen LogP contribution in [0.2, 0.25) is 0 Å². The molecular formula is C17H14N4. The Morgan fingerprint density at radius 2 is 1.90 bits per heavy atom. The highest BCUT2D eigenvalue weighted by Gasteiger charge is 2.18. The number of hydrogen-bond acceptors (Lipinski definition) is 4. The Morgan fingerprint density at radius 3 is 2.81 bits per heavy atom. The maximum atomic E-state index is 6.09. The van der Waals surface area contributed by atoms with Crippen molar-refractivity contribution in [2.24, 2.45) is 0 Å². The van der Waals surface area contributed by atoms with Gasteiger partial charge in [-0.2, -0.15) is 0 Å². The average Bonchev–Trinajstić information content (AvgIpc) is 2.55. The van der Waals surface area contributed by atoms with Gasteiger partial charge in [0.25, 0.3) is 0 Å². The molecule has 0 spiro atoms. The number of hydrogen-bond donors (Lipinski definition) is 1. The minimum absolute atomic E-state index is 0.790. The van der Waals surface area contributed by atoms with Gasteiger partial charge in [0, 0.05) is 34.4 Å². The van der Waals surface area contributed by atoms with E-state index in [0.717, 1.165) is 39.9 Å². The van der Waals surface area contributed by atoms with Crippen molar-refractivity contribution in [3.8, 4) is 0 Å². The molecule has 0 atom stereocenters. The van der Waals surface area contributed by atoms with Crippen molar-refractivity contribution in [2.45, 2.75) is 6.42 Å². The minimum atomic E-state index is 0.790. The molecule has 1 aromatic heterocycles. The summed E-state index contributed by atoms with van der Waals surface area (Å²) >= 11 is 0. The highest BCUT2D eigenvalue weighted by atomic mass is 15.2. The predicted octanol–water partition coefficient (Wildman–Crippen LogP) is 3.42. The van der Waals surface area contributed by atoms with E-state index in [1.807, 2.05) is 36.5 Å². The molecule has 0 saturated heterocycles. The zero-order valence-corrected chi connectivity index (χ0v) is 11.4. The van der Waals surface area contributed by atoms with E-state index in [4.69, 9.17) is 5.73 Å². The third-order valence-corrected chi connectivity index (χ3v) is 3.78. The fourth-order valence-corrected chi connectivity index (χ4v) is 2.78. The molecule has 2 aromatic carbocycles. The van der Waals surface area contributed by atoms with Crippen molar-refractivity contribution in [3.63, 3.8) is 0 Å². The van der Waals surface area contributed by atoms with Crippen LogP contribution < -0.4 is 10.6 Å². The summed E-state index contributed by atoms with van der Waals surface area (Å²) in [4.78, 5) is 10.6. The molecule has 3 aromatic rings. The molecule has 4 heteroatoms. The summed E-state index contributed by atoms with van der Waals surface area (Å²) < 4.78 is 0. The summed E-state index contributed by atoms with van der Waals surface area (Å²) in [6, 6.07) is 12.2. The summed E-state index contributed by atoms with van der Waals surface area (Å²) in [7, 11) is 0. The van der Waals surface area contributed by atoms with Gasteiger partial charge in [0.15, 0.2) is 0 Å². The summed E-state index contributed by atoms with van der Waals surface area (Å²) in [5.41, 5.74) is 9.08. The SMILES string of the molecule is Nc1ccc(N2C=CCc3cncnc32)c2ccccc12. The molecule has 1 aliphatic rings. The van der Waals surface area contributed by atoms with Crippen molar-refractivity contribution in [1.82, 2.24) is 9.97 Å². The van der Waals surface area contributed by atoms with Gasteiger partial charge in [-0.25, -0.2) is 9.97 Å². The van der Waals surface area contributed by atoms with Crippen LogP contribution in [0, 0.1) is 0 Å². The number of rotatable bonds is 1. The van der Waals surface area contributed by atoms with Crippen LogP contribution in [-0.2, 0) is 6.42 Å². The first-order chi connectivity index (χ1) is 10.3. The second-order valence-corrected chi connectivity index (χ2v) is 5.05. The average molecular weight is 274 g/mol. The third-order valence-electron chi connectivity index (χ3n) is 3.78. The highest BCUT2D eigenvalue weighted by molar-refractivity contribution is 6.02. The van der Waals surface area contributed by atoms with Crippen LogP contribution in [0.5, 0.6) is 0 Å². The Morgan fingerprint density at radius 1 is 1.05 bits per heavy atom. The van der Waals surface area contributed by atoms with Crippen LogP contribution >= 0.6 is 0 Å². The second-order valence-electron chi connectivity index (χ2n) is 5.05. The molecule has 0 fully saturated rings. The maximum absolute atomic E-state index is 6.09. The first-order valence-electron chi connectivity index (χ1n) is 6.86. The van der Waals surface area contributed by atoms with Crippen molar-refractivity contribution in [2.75, 3.05) is 10.6 Å². The summed E-state index contributed by atoms with van der Waals surface area (Å²) in [5.74, 6) is 0.933. The minimum Gasteiger partial charge on any atom is -0.398 e. The van der Waals surface area contributed by atoms with Crippen molar-refractivity contribution >= 4 is 28.0 Å². The third kappa shape index (κ3) is 1.84. The molecule has 0 aliphatic carbocycles. The molecule has 2 heterocycles. The fraction of sp³-hybridized carbons (Fsp3) is 0.0588. The number of allylic oxidation sites excluding steroid dienone is 1. The summed E-state index contributed by atoms with van der Waals surface area (Å²) in [6.45, 7) is 0. The largest absolute Gasteiger partial charge is 0.398 e. The molecule has 1 aliphatic heterocycles. The van der Waals surface area contributed by atoms with E-state index in [2.05, 4.69) is 33.2 Å². The van der Waals surface area contributed by atoms with Crippen LogP contribution in [0.1, 0.15) is 5.56 Å². The number of aromatic nitrogens is 2. The van der Waals surface area contributed by atoms with Crippen LogP contribution in [0.3, 0.4) is 0 Å². The van der Waals surface area contributed by atoms with E-state index in [0.29, 0.717) is 0 Å². The zero-order valence-electron chi connectivity index (χ0n) is 11.4. The van der Waals surface area contributed by atoms with Crippen molar-refractivity contribution in [1.29, 1.82) is 0 Å². The van der Waals surface area contributed by atoms with Gasteiger partial charge in [0.05, 0.1) is 5.69 Å². The first-order valence-corrected chi connectivity index (χ1v) is 6.86. The van der Waals surface area contributed by atoms with Crippen molar-refractivity contribution < 1.29 is 0 Å². The predicted molar refractivity (Wildman–Crippen MR) is 85.4 cm³/mol. The van der Waals surface area contributed by atoms with Gasteiger partial charge < -0.3 is 10.6 Å². The van der Waals surface area contributed by atoms with Gasteiger partial charge in [0.1, 0.15) is 12.1 Å². The van der Waals surface area contributed by atoms with Crippen molar-refractivity contribution in [3.05, 3.63) is 66.8 Å². The fourth-order valence-electron chi connectivity index (χ4n) is 2.78. The number of nitrogen functional groups attached to an aromatic ring is 1. The monoisotopic (exact) mass is 274 g/mol. The van der Waals surface area contributed by atoms with Gasteiger partial charge >= 0.3 is 0 Å². The van der Waals surface area contributed by atoms with E-state index in [-0.39, 0.29) is 0 Å². The standard InChI is InChI=1S/C17H14N4/c18-15-7-8-16(14-6-2-1-5-13(14)15)21-9-3-4-12-10-19-11-20-17(12)21/h1-3,5-11H,4,18H2. The number of nitrogens with two attached hydrogens (primary N) is 1. The molecule has 102 valence electrons. The molecular weight excluding hydrogens is 260 g/mol. The Hall–Kier alpha value is -2.88. The molecule has 0 bridgehead atoms. The molecule has 0 unspecified atom stereocenters. The van der Waals surface area contributed by atoms with E-state index >= 15 is 0 Å². The van der Waals surface area contributed by atoms with Crippen LogP contribution in [0.4, 0.5) is 17.2 Å². The van der Waals surface area contributed by atoms with Gasteiger partial charge in [-0.1, -0.05) is 30.3 Å². The maximum Gasteiger partial charge on any atom is 0.144 e. The molecule has 0 saturated carbocycles. The number of nitrogens with zero attached hydrogens (tertiary/aromatic N) is 3. The van der Waals surface area contributed by atoms with Crippen LogP contribution in [-0.4, -0.2) is 9.97 Å². The van der Waals surface area contributed by atoms with Gasteiger partial charge in [-0.15, -0.1) is 0 Å². The van der Waals surface area contributed by atoms with Crippen LogP contribution in [0.15, 0.2) is 61.2 Å². The number of anilines is 3. The zero-order chi connectivity index (χ0) is 14.2. The van der Waals surface area contributed by atoms with E-state index in [1.165, 1.54) is 0 Å². The molecule has 0 radical (unpaired) electrons. The normalized spacial score (nSPS) is 13.4. The van der Waals surface area contributed by atoms with Gasteiger partial charge in [-0.3, -0.25) is 0 Å². The van der Waals surface area contributed by atoms with Gasteiger partial charge in [0.2, 0.25) is 0 Å². The van der Waals surface area contributed by atoms with E-state index in [9.17, 15) is 0 Å². The summed E-state index contributed by atoms with van der Waals surface area (Å²) in [6.07, 6.45) is 8.51. The lowest BCUT2D eigenvalue weighted by molar-refractivity contribution is 1.02. The lowest BCUT2D eigenvalue weighted by atomic mass is 10.0. The number of benzene rings is 2. The number of fused-ring (bicyclic) bond motifs is 2. The molecule has 2 N–H and O–H groups in total. The van der Waals surface area contributed by atoms with Crippen LogP contribution in [0.25, 0.3) is 10.8 Å².